The van der Waals surface area contributed by atoms with Crippen molar-refractivity contribution >= 4 is 11.0 Å². The van der Waals surface area contributed by atoms with E-state index < -0.39 is 11.7 Å². The second-order valence-corrected chi connectivity index (χ2v) is 8.67. The van der Waals surface area contributed by atoms with Gasteiger partial charge in [0.05, 0.1) is 23.1 Å². The van der Waals surface area contributed by atoms with E-state index in [1.807, 2.05) is 11.6 Å². The molecule has 1 fully saturated rings. The van der Waals surface area contributed by atoms with Crippen molar-refractivity contribution in [3.8, 4) is 0 Å². The van der Waals surface area contributed by atoms with E-state index in [-0.39, 0.29) is 11.1 Å². The summed E-state index contributed by atoms with van der Waals surface area (Å²) in [7, 11) is 1.84. The number of rotatable bonds is 3. The summed E-state index contributed by atoms with van der Waals surface area (Å²) in [6.45, 7) is 9.29. The van der Waals surface area contributed by atoms with Crippen LogP contribution in [0.3, 0.4) is 0 Å². The molecule has 144 valence electrons. The van der Waals surface area contributed by atoms with Gasteiger partial charge in [-0.05, 0) is 58.7 Å². The van der Waals surface area contributed by atoms with Crippen molar-refractivity contribution in [3.63, 3.8) is 0 Å². The third-order valence-electron chi connectivity index (χ3n) is 5.04. The number of halogens is 3. The predicted octanol–water partition coefficient (Wildman–Crippen LogP) is 3.99. The molecule has 1 aliphatic heterocycles. The number of nitrogens with one attached hydrogen (secondary N) is 2. The number of hydrogen-bond donors (Lipinski definition) is 2. The van der Waals surface area contributed by atoms with Crippen LogP contribution in [-0.2, 0) is 19.8 Å². The van der Waals surface area contributed by atoms with Crippen LogP contribution in [0.1, 0.15) is 51.9 Å². The molecule has 1 saturated heterocycles. The maximum atomic E-state index is 12.9. The number of aromatic nitrogens is 2. The van der Waals surface area contributed by atoms with Crippen LogP contribution in [0.2, 0.25) is 0 Å². The number of piperidine rings is 1. The van der Waals surface area contributed by atoms with Crippen LogP contribution in [0.4, 0.5) is 13.2 Å². The van der Waals surface area contributed by atoms with Gasteiger partial charge in [0.25, 0.3) is 0 Å². The highest BCUT2D eigenvalue weighted by atomic mass is 19.4. The van der Waals surface area contributed by atoms with E-state index in [4.69, 9.17) is 0 Å². The van der Waals surface area contributed by atoms with Crippen molar-refractivity contribution in [2.24, 2.45) is 7.05 Å². The van der Waals surface area contributed by atoms with E-state index in [0.717, 1.165) is 30.8 Å². The lowest BCUT2D eigenvalue weighted by Gasteiger charge is -2.46. The van der Waals surface area contributed by atoms with E-state index >= 15 is 0 Å². The summed E-state index contributed by atoms with van der Waals surface area (Å²) in [5, 5.41) is 7.20. The lowest BCUT2D eigenvalue weighted by atomic mass is 9.79. The first kappa shape index (κ1) is 19.2. The zero-order valence-corrected chi connectivity index (χ0v) is 16.0. The van der Waals surface area contributed by atoms with Crippen molar-refractivity contribution in [3.05, 3.63) is 29.6 Å². The van der Waals surface area contributed by atoms with Crippen molar-refractivity contribution < 1.29 is 13.2 Å². The molecule has 1 aromatic carbocycles. The molecular formula is C19H27F3N4. The second-order valence-electron chi connectivity index (χ2n) is 8.67. The fourth-order valence-corrected chi connectivity index (χ4v) is 4.29. The smallest absolute Gasteiger partial charge is 0.330 e. The summed E-state index contributed by atoms with van der Waals surface area (Å²) in [5.41, 5.74) is 0.496. The molecule has 2 aromatic rings. The molecule has 3 rings (SSSR count). The monoisotopic (exact) mass is 368 g/mol. The Kier molecular flexibility index (Phi) is 4.60. The molecule has 7 heteroatoms. The van der Waals surface area contributed by atoms with Gasteiger partial charge in [-0.2, -0.15) is 13.2 Å². The van der Waals surface area contributed by atoms with Crippen molar-refractivity contribution in [2.45, 2.75) is 70.4 Å². The predicted molar refractivity (Wildman–Crippen MR) is 96.9 cm³/mol. The summed E-state index contributed by atoms with van der Waals surface area (Å²) in [6.07, 6.45) is -2.38. The summed E-state index contributed by atoms with van der Waals surface area (Å²) in [5.74, 6) is 0.744. The Morgan fingerprint density at radius 2 is 1.81 bits per heavy atom. The van der Waals surface area contributed by atoms with Gasteiger partial charge in [0.1, 0.15) is 5.82 Å². The van der Waals surface area contributed by atoms with Gasteiger partial charge in [0, 0.05) is 24.2 Å². The van der Waals surface area contributed by atoms with Crippen molar-refractivity contribution in [1.82, 2.24) is 20.2 Å². The summed E-state index contributed by atoms with van der Waals surface area (Å²) >= 11 is 0. The van der Waals surface area contributed by atoms with E-state index in [0.29, 0.717) is 23.6 Å². The first-order chi connectivity index (χ1) is 11.9. The highest BCUT2D eigenvalue weighted by Crippen LogP contribution is 2.32. The number of nitrogens with zero attached hydrogens (tertiary/aromatic N) is 2. The normalized spacial score (nSPS) is 20.6. The lowest BCUT2D eigenvalue weighted by molar-refractivity contribution is -0.137. The first-order valence-electron chi connectivity index (χ1n) is 8.92. The molecule has 0 atom stereocenters. The van der Waals surface area contributed by atoms with Crippen LogP contribution in [0.15, 0.2) is 18.2 Å². The average Bonchev–Trinajstić information content (AvgIpc) is 2.77. The van der Waals surface area contributed by atoms with Crippen molar-refractivity contribution in [2.75, 3.05) is 0 Å². The maximum Gasteiger partial charge on any atom is 0.416 e. The van der Waals surface area contributed by atoms with Gasteiger partial charge in [-0.3, -0.25) is 0 Å². The van der Waals surface area contributed by atoms with Gasteiger partial charge in [0.15, 0.2) is 0 Å². The highest BCUT2D eigenvalue weighted by Gasteiger charge is 2.37. The van der Waals surface area contributed by atoms with Crippen LogP contribution in [0.5, 0.6) is 0 Å². The summed E-state index contributed by atoms with van der Waals surface area (Å²) < 4.78 is 40.6. The third-order valence-corrected chi connectivity index (χ3v) is 5.04. The molecule has 0 saturated carbocycles. The molecule has 0 spiro atoms. The minimum atomic E-state index is -4.35. The average molecular weight is 368 g/mol. The number of alkyl halides is 3. The van der Waals surface area contributed by atoms with E-state index in [2.05, 4.69) is 43.3 Å². The quantitative estimate of drug-likeness (QED) is 0.861. The lowest BCUT2D eigenvalue weighted by Crippen LogP contribution is -2.61. The van der Waals surface area contributed by atoms with Crippen LogP contribution in [0, 0.1) is 0 Å². The number of benzene rings is 1. The van der Waals surface area contributed by atoms with Gasteiger partial charge >= 0.3 is 6.18 Å². The fraction of sp³-hybridized carbons (Fsp3) is 0.632. The van der Waals surface area contributed by atoms with Gasteiger partial charge in [-0.15, -0.1) is 0 Å². The van der Waals surface area contributed by atoms with Crippen LogP contribution in [0.25, 0.3) is 11.0 Å². The number of imidazole rings is 1. The van der Waals surface area contributed by atoms with Crippen molar-refractivity contribution in [1.29, 1.82) is 0 Å². The topological polar surface area (TPSA) is 41.9 Å². The molecule has 0 radical (unpaired) electrons. The largest absolute Gasteiger partial charge is 0.416 e. The Morgan fingerprint density at radius 1 is 1.19 bits per heavy atom. The molecule has 26 heavy (non-hydrogen) atoms. The minimum absolute atomic E-state index is 0.0351. The van der Waals surface area contributed by atoms with E-state index in [1.54, 1.807) is 0 Å². The third kappa shape index (κ3) is 4.04. The fourth-order valence-electron chi connectivity index (χ4n) is 4.29. The molecule has 1 aromatic heterocycles. The number of aryl methyl sites for hydroxylation is 1. The SMILES string of the molecule is Cn1c(CNC2CC(C)(C)NC(C)(C)C2)nc2cc(C(F)(F)F)ccc21. The zero-order chi connectivity index (χ0) is 19.3. The Balaban J connectivity index is 1.78. The molecule has 0 bridgehead atoms. The van der Waals surface area contributed by atoms with Gasteiger partial charge in [-0.25, -0.2) is 4.98 Å². The Morgan fingerprint density at radius 3 is 2.38 bits per heavy atom. The Hall–Kier alpha value is -1.60. The number of hydrogen-bond acceptors (Lipinski definition) is 3. The molecule has 0 unspecified atom stereocenters. The first-order valence-corrected chi connectivity index (χ1v) is 8.92. The van der Waals surface area contributed by atoms with Crippen LogP contribution < -0.4 is 10.6 Å². The van der Waals surface area contributed by atoms with Gasteiger partial charge in [-0.1, -0.05) is 0 Å². The molecule has 4 nitrogen and oxygen atoms in total. The Labute approximate surface area is 152 Å². The number of fused-ring (bicyclic) bond motifs is 1. The van der Waals surface area contributed by atoms with Crippen LogP contribution in [-0.4, -0.2) is 26.7 Å². The van der Waals surface area contributed by atoms with Crippen LogP contribution >= 0.6 is 0 Å². The van der Waals surface area contributed by atoms with Gasteiger partial charge < -0.3 is 15.2 Å². The molecule has 2 heterocycles. The molecule has 2 N–H and O–H groups in total. The molecule has 0 aliphatic carbocycles. The molecule has 1 aliphatic rings. The summed E-state index contributed by atoms with van der Waals surface area (Å²) in [4.78, 5) is 4.43. The molecular weight excluding hydrogens is 341 g/mol. The maximum absolute atomic E-state index is 12.9. The Bertz CT molecular complexity index is 789. The van der Waals surface area contributed by atoms with E-state index in [9.17, 15) is 13.2 Å². The highest BCUT2D eigenvalue weighted by molar-refractivity contribution is 5.77. The minimum Gasteiger partial charge on any atom is -0.330 e. The summed E-state index contributed by atoms with van der Waals surface area (Å²) in [6, 6.07) is 4.05. The van der Waals surface area contributed by atoms with Gasteiger partial charge in [0.2, 0.25) is 0 Å². The molecule has 0 amide bonds. The second kappa shape index (κ2) is 6.23. The van der Waals surface area contributed by atoms with E-state index in [1.165, 1.54) is 6.07 Å². The standard InChI is InChI=1S/C19H27F3N4/c1-17(2)9-13(10-18(3,4)25-17)23-11-16-24-14-8-12(19(20,21)22)6-7-15(14)26(16)5/h6-8,13,23,25H,9-11H2,1-5H3. The zero-order valence-electron chi connectivity index (χ0n) is 16.0.